The van der Waals surface area contributed by atoms with Crippen molar-refractivity contribution in [2.24, 2.45) is 0 Å². The molecule has 5 rings (SSSR count). The molecule has 1 aromatic heterocycles. The number of carbonyl (C=O) groups excluding carboxylic acids is 1. The maximum Gasteiger partial charge on any atom is 0.290 e. The molecule has 4 aromatic rings. The molecule has 196 valence electrons. The van der Waals surface area contributed by atoms with Gasteiger partial charge in [-0.25, -0.2) is 0 Å². The van der Waals surface area contributed by atoms with Crippen LogP contribution in [-0.4, -0.2) is 38.2 Å². The Bertz CT molecular complexity index is 1540. The molecule has 2 heterocycles. The van der Waals surface area contributed by atoms with Crippen molar-refractivity contribution in [2.75, 3.05) is 27.4 Å². The molecule has 0 bridgehead atoms. The average Bonchev–Trinajstić information content (AvgIpc) is 3.19. The lowest BCUT2D eigenvalue weighted by Gasteiger charge is -2.25. The van der Waals surface area contributed by atoms with Gasteiger partial charge in [0.05, 0.1) is 24.1 Å². The molecule has 0 aliphatic carbocycles. The highest BCUT2D eigenvalue weighted by atomic mass is 16.5. The smallest absolute Gasteiger partial charge is 0.290 e. The van der Waals surface area contributed by atoms with Crippen molar-refractivity contribution < 1.29 is 23.4 Å². The summed E-state index contributed by atoms with van der Waals surface area (Å²) in [6, 6.07) is 18.6. The summed E-state index contributed by atoms with van der Waals surface area (Å²) in [4.78, 5) is 29.2. The largest absolute Gasteiger partial charge is 0.493 e. The van der Waals surface area contributed by atoms with Crippen LogP contribution >= 0.6 is 0 Å². The SMILES string of the molecule is COCCCN1C(=O)c2oc3cc(C)cc(C)c3c(=O)c2C1c1ccc(OCc2ccccc2)c(OC)c1. The van der Waals surface area contributed by atoms with Crippen LogP contribution in [0.5, 0.6) is 11.5 Å². The Morgan fingerprint density at radius 3 is 2.47 bits per heavy atom. The fraction of sp³-hybridized carbons (Fsp3) is 0.290. The third-order valence-electron chi connectivity index (χ3n) is 6.90. The van der Waals surface area contributed by atoms with Gasteiger partial charge in [0.25, 0.3) is 5.91 Å². The first kappa shape index (κ1) is 25.5. The van der Waals surface area contributed by atoms with Gasteiger partial charge < -0.3 is 23.5 Å². The highest BCUT2D eigenvalue weighted by Crippen LogP contribution is 2.41. The minimum absolute atomic E-state index is 0.0956. The van der Waals surface area contributed by atoms with Gasteiger partial charge in [0, 0.05) is 20.3 Å². The van der Waals surface area contributed by atoms with Gasteiger partial charge in [0.15, 0.2) is 16.9 Å². The summed E-state index contributed by atoms with van der Waals surface area (Å²) in [6.07, 6.45) is 0.619. The average molecular weight is 514 g/mol. The normalized spacial score (nSPS) is 14.7. The highest BCUT2D eigenvalue weighted by Gasteiger charge is 2.43. The topological polar surface area (TPSA) is 78.2 Å². The van der Waals surface area contributed by atoms with Gasteiger partial charge in [-0.15, -0.1) is 0 Å². The van der Waals surface area contributed by atoms with E-state index in [1.807, 2.05) is 74.5 Å². The van der Waals surface area contributed by atoms with Crippen LogP contribution in [0.25, 0.3) is 11.0 Å². The zero-order valence-electron chi connectivity index (χ0n) is 22.1. The minimum Gasteiger partial charge on any atom is -0.493 e. The third-order valence-corrected chi connectivity index (χ3v) is 6.90. The van der Waals surface area contributed by atoms with E-state index in [-0.39, 0.29) is 17.1 Å². The Kier molecular flexibility index (Phi) is 7.20. The Labute approximate surface area is 221 Å². The summed E-state index contributed by atoms with van der Waals surface area (Å²) in [6.45, 7) is 5.12. The van der Waals surface area contributed by atoms with Gasteiger partial charge in [-0.3, -0.25) is 9.59 Å². The van der Waals surface area contributed by atoms with Crippen LogP contribution in [0.1, 0.15) is 50.8 Å². The van der Waals surface area contributed by atoms with E-state index in [1.165, 1.54) is 0 Å². The van der Waals surface area contributed by atoms with Crippen LogP contribution < -0.4 is 14.9 Å². The molecule has 1 aliphatic rings. The van der Waals surface area contributed by atoms with Crippen molar-refractivity contribution in [1.82, 2.24) is 4.90 Å². The van der Waals surface area contributed by atoms with E-state index in [0.717, 1.165) is 22.3 Å². The van der Waals surface area contributed by atoms with Crippen molar-refractivity contribution in [1.29, 1.82) is 0 Å². The number of fused-ring (bicyclic) bond motifs is 2. The van der Waals surface area contributed by atoms with E-state index in [9.17, 15) is 9.59 Å². The van der Waals surface area contributed by atoms with Gasteiger partial charge in [-0.05, 0) is 60.7 Å². The van der Waals surface area contributed by atoms with Gasteiger partial charge in [-0.1, -0.05) is 42.5 Å². The predicted molar refractivity (Wildman–Crippen MR) is 145 cm³/mol. The number of ether oxygens (including phenoxy) is 3. The van der Waals surface area contributed by atoms with Crippen LogP contribution in [0.15, 0.2) is 69.9 Å². The summed E-state index contributed by atoms with van der Waals surface area (Å²) >= 11 is 0. The maximum atomic E-state index is 13.9. The lowest BCUT2D eigenvalue weighted by Crippen LogP contribution is -2.31. The zero-order chi connectivity index (χ0) is 26.8. The minimum atomic E-state index is -0.618. The van der Waals surface area contributed by atoms with E-state index < -0.39 is 6.04 Å². The summed E-state index contributed by atoms with van der Waals surface area (Å²) in [5.74, 6) is 0.890. The molecular formula is C31H31NO6. The van der Waals surface area contributed by atoms with E-state index in [0.29, 0.717) is 54.2 Å². The van der Waals surface area contributed by atoms with E-state index >= 15 is 0 Å². The summed E-state index contributed by atoms with van der Waals surface area (Å²) < 4.78 is 23.1. The molecule has 1 atom stereocenters. The Morgan fingerprint density at radius 1 is 0.947 bits per heavy atom. The Balaban J connectivity index is 1.59. The number of nitrogens with zero attached hydrogens (tertiary/aromatic N) is 1. The van der Waals surface area contributed by atoms with Gasteiger partial charge in [-0.2, -0.15) is 0 Å². The van der Waals surface area contributed by atoms with Crippen molar-refractivity contribution in [2.45, 2.75) is 32.9 Å². The number of benzene rings is 3. The lowest BCUT2D eigenvalue weighted by molar-refractivity contribution is 0.0707. The van der Waals surface area contributed by atoms with E-state index in [2.05, 4.69) is 0 Å². The van der Waals surface area contributed by atoms with Crippen LogP contribution in [0.3, 0.4) is 0 Å². The third kappa shape index (κ3) is 4.65. The molecular weight excluding hydrogens is 482 g/mol. The molecule has 0 fully saturated rings. The molecule has 0 saturated heterocycles. The number of amides is 1. The highest BCUT2D eigenvalue weighted by molar-refractivity contribution is 5.99. The number of carbonyl (C=O) groups is 1. The first-order chi connectivity index (χ1) is 18.4. The summed E-state index contributed by atoms with van der Waals surface area (Å²) in [5, 5.41) is 0.501. The first-order valence-electron chi connectivity index (χ1n) is 12.7. The number of aryl methyl sites for hydroxylation is 2. The number of rotatable bonds is 9. The second kappa shape index (κ2) is 10.7. The quantitative estimate of drug-likeness (QED) is 0.272. The Hall–Kier alpha value is -4.10. The van der Waals surface area contributed by atoms with Crippen molar-refractivity contribution in [3.05, 3.63) is 104 Å². The monoisotopic (exact) mass is 513 g/mol. The van der Waals surface area contributed by atoms with Crippen LogP contribution in [0, 0.1) is 13.8 Å². The number of hydrogen-bond acceptors (Lipinski definition) is 6. The van der Waals surface area contributed by atoms with E-state index in [1.54, 1.807) is 19.1 Å². The molecule has 1 amide bonds. The molecule has 0 saturated carbocycles. The molecule has 1 unspecified atom stereocenters. The molecule has 1 aliphatic heterocycles. The summed E-state index contributed by atoms with van der Waals surface area (Å²) in [7, 11) is 3.20. The van der Waals surface area contributed by atoms with Crippen molar-refractivity contribution in [3.63, 3.8) is 0 Å². The molecule has 3 aromatic carbocycles. The maximum absolute atomic E-state index is 13.9. The van der Waals surface area contributed by atoms with E-state index in [4.69, 9.17) is 18.6 Å². The lowest BCUT2D eigenvalue weighted by atomic mass is 9.96. The second-order valence-corrected chi connectivity index (χ2v) is 9.56. The summed E-state index contributed by atoms with van der Waals surface area (Å²) in [5.41, 5.74) is 4.17. The molecule has 7 nitrogen and oxygen atoms in total. The molecule has 0 radical (unpaired) electrons. The first-order valence-corrected chi connectivity index (χ1v) is 12.7. The van der Waals surface area contributed by atoms with Crippen molar-refractivity contribution in [3.8, 4) is 11.5 Å². The standard InChI is InChI=1S/C31H31NO6/c1-19-15-20(2)26-25(16-19)38-30-27(29(26)33)28(32(31(30)34)13-8-14-35-3)22-11-12-23(24(17-22)36-4)37-18-21-9-6-5-7-10-21/h5-7,9-12,15-17,28H,8,13-14,18H2,1-4H3. The van der Waals surface area contributed by atoms with Crippen LogP contribution in [0.4, 0.5) is 0 Å². The molecule has 38 heavy (non-hydrogen) atoms. The number of methoxy groups -OCH3 is 2. The Morgan fingerprint density at radius 2 is 1.74 bits per heavy atom. The van der Waals surface area contributed by atoms with Crippen LogP contribution in [0.2, 0.25) is 0 Å². The fourth-order valence-electron chi connectivity index (χ4n) is 5.18. The predicted octanol–water partition coefficient (Wildman–Crippen LogP) is 5.58. The number of hydrogen-bond donors (Lipinski definition) is 0. The fourth-order valence-corrected chi connectivity index (χ4v) is 5.18. The van der Waals surface area contributed by atoms with Gasteiger partial charge in [0.1, 0.15) is 12.2 Å². The molecule has 0 spiro atoms. The van der Waals surface area contributed by atoms with Gasteiger partial charge >= 0.3 is 0 Å². The molecule has 7 heteroatoms. The van der Waals surface area contributed by atoms with Gasteiger partial charge in [0.2, 0.25) is 5.76 Å². The van der Waals surface area contributed by atoms with Crippen molar-refractivity contribution >= 4 is 16.9 Å². The zero-order valence-corrected chi connectivity index (χ0v) is 22.1. The second-order valence-electron chi connectivity index (χ2n) is 9.56. The molecule has 0 N–H and O–H groups in total. The van der Waals surface area contributed by atoms with Crippen LogP contribution in [-0.2, 0) is 11.3 Å².